The number of amides is 1. The first-order valence-electron chi connectivity index (χ1n) is 6.54. The van der Waals surface area contributed by atoms with E-state index in [4.69, 9.17) is 5.73 Å². The van der Waals surface area contributed by atoms with Crippen molar-refractivity contribution >= 4 is 21.6 Å². The van der Waals surface area contributed by atoms with E-state index in [0.717, 1.165) is 12.8 Å². The van der Waals surface area contributed by atoms with Crippen molar-refractivity contribution in [2.75, 3.05) is 25.4 Å². The summed E-state index contributed by atoms with van der Waals surface area (Å²) in [5, 5.41) is 0. The molecule has 0 aliphatic carbocycles. The lowest BCUT2D eigenvalue weighted by Crippen LogP contribution is -2.38. The van der Waals surface area contributed by atoms with E-state index in [1.807, 2.05) is 0 Å². The number of nitrogens with two attached hydrogens (primary N) is 1. The fourth-order valence-electron chi connectivity index (χ4n) is 2.29. The van der Waals surface area contributed by atoms with Crippen LogP contribution < -0.4 is 10.5 Å². The molecule has 1 amide bonds. The number of rotatable bonds is 4. The van der Waals surface area contributed by atoms with Gasteiger partial charge in [0.05, 0.1) is 11.4 Å². The third kappa shape index (κ3) is 3.29. The molecule has 1 aromatic rings. The van der Waals surface area contributed by atoms with Gasteiger partial charge in [0, 0.05) is 18.8 Å². The van der Waals surface area contributed by atoms with Crippen LogP contribution in [0.15, 0.2) is 23.1 Å². The topological polar surface area (TPSA) is 92.5 Å². The monoisotopic (exact) mass is 297 g/mol. The molecule has 0 radical (unpaired) electrons. The number of carbonyl (C=O) groups is 1. The molecule has 1 fully saturated rings. The molecular weight excluding hydrogens is 278 g/mol. The number of aryl methyl sites for hydroxylation is 1. The Bertz CT molecular complexity index is 607. The van der Waals surface area contributed by atoms with Gasteiger partial charge in [-0.05, 0) is 43.5 Å². The number of sulfonamides is 1. The fraction of sp³-hybridized carbons (Fsp3) is 0.462. The summed E-state index contributed by atoms with van der Waals surface area (Å²) in [6, 6.07) is 4.58. The summed E-state index contributed by atoms with van der Waals surface area (Å²) in [6.45, 7) is 2.89. The summed E-state index contributed by atoms with van der Waals surface area (Å²) < 4.78 is 26.7. The number of nitrogens with zero attached hydrogens (tertiary/aromatic N) is 1. The molecule has 0 aromatic heterocycles. The Labute approximate surface area is 119 Å². The summed E-state index contributed by atoms with van der Waals surface area (Å²) in [5.74, 6) is -0.181. The minimum atomic E-state index is -3.69. The summed E-state index contributed by atoms with van der Waals surface area (Å²) >= 11 is 0. The summed E-state index contributed by atoms with van der Waals surface area (Å²) in [7, 11) is -3.69. The lowest BCUT2D eigenvalue weighted by Gasteiger charge is -2.16. The first-order valence-corrected chi connectivity index (χ1v) is 8.02. The van der Waals surface area contributed by atoms with Crippen LogP contribution in [0, 0.1) is 6.92 Å². The molecule has 0 bridgehead atoms. The van der Waals surface area contributed by atoms with E-state index < -0.39 is 10.0 Å². The number of likely N-dealkylation sites (tertiary alicyclic amines) is 1. The number of hydrogen-bond acceptors (Lipinski definition) is 4. The van der Waals surface area contributed by atoms with Crippen LogP contribution in [-0.2, 0) is 14.8 Å². The summed E-state index contributed by atoms with van der Waals surface area (Å²) in [5.41, 5.74) is 6.67. The highest BCUT2D eigenvalue weighted by Crippen LogP contribution is 2.17. The molecule has 2 rings (SSSR count). The van der Waals surface area contributed by atoms with Gasteiger partial charge in [-0.3, -0.25) is 4.79 Å². The van der Waals surface area contributed by atoms with Crippen LogP contribution in [0.1, 0.15) is 18.4 Å². The van der Waals surface area contributed by atoms with Crippen LogP contribution in [0.25, 0.3) is 0 Å². The molecular formula is C13H19N3O3S. The van der Waals surface area contributed by atoms with E-state index in [9.17, 15) is 13.2 Å². The predicted octanol–water partition coefficient (Wildman–Crippen LogP) is 0.478. The Morgan fingerprint density at radius 3 is 2.60 bits per heavy atom. The van der Waals surface area contributed by atoms with Crippen LogP contribution in [0.5, 0.6) is 0 Å². The van der Waals surface area contributed by atoms with Gasteiger partial charge in [-0.25, -0.2) is 13.1 Å². The Balaban J connectivity index is 2.05. The molecule has 1 aromatic carbocycles. The van der Waals surface area contributed by atoms with Gasteiger partial charge < -0.3 is 10.6 Å². The largest absolute Gasteiger partial charge is 0.399 e. The fourth-order valence-corrected chi connectivity index (χ4v) is 3.49. The quantitative estimate of drug-likeness (QED) is 0.791. The number of anilines is 1. The third-order valence-corrected chi connectivity index (χ3v) is 4.92. The van der Waals surface area contributed by atoms with Crippen molar-refractivity contribution < 1.29 is 13.2 Å². The van der Waals surface area contributed by atoms with Crippen molar-refractivity contribution in [3.05, 3.63) is 23.8 Å². The van der Waals surface area contributed by atoms with Crippen molar-refractivity contribution in [1.82, 2.24) is 9.62 Å². The van der Waals surface area contributed by atoms with Crippen LogP contribution in [-0.4, -0.2) is 38.9 Å². The van der Waals surface area contributed by atoms with Gasteiger partial charge in [0.2, 0.25) is 15.9 Å². The van der Waals surface area contributed by atoms with Crippen LogP contribution in [0.2, 0.25) is 0 Å². The van der Waals surface area contributed by atoms with E-state index >= 15 is 0 Å². The highest BCUT2D eigenvalue weighted by atomic mass is 32.2. The SMILES string of the molecule is Cc1cc(N)ccc1S(=O)(=O)NCC(=O)N1CCCC1. The van der Waals surface area contributed by atoms with E-state index in [1.54, 1.807) is 17.9 Å². The van der Waals surface area contributed by atoms with Gasteiger partial charge in [0.25, 0.3) is 0 Å². The second kappa shape index (κ2) is 5.80. The van der Waals surface area contributed by atoms with Gasteiger partial charge in [0.15, 0.2) is 0 Å². The van der Waals surface area contributed by atoms with E-state index in [1.165, 1.54) is 12.1 Å². The maximum absolute atomic E-state index is 12.2. The normalized spacial score (nSPS) is 15.6. The molecule has 0 saturated carbocycles. The molecule has 6 nitrogen and oxygen atoms in total. The van der Waals surface area contributed by atoms with Gasteiger partial charge in [-0.2, -0.15) is 0 Å². The summed E-state index contributed by atoms with van der Waals surface area (Å²) in [4.78, 5) is 13.7. The molecule has 20 heavy (non-hydrogen) atoms. The maximum Gasteiger partial charge on any atom is 0.241 e. The van der Waals surface area contributed by atoms with Crippen molar-refractivity contribution in [2.24, 2.45) is 0 Å². The summed E-state index contributed by atoms with van der Waals surface area (Å²) in [6.07, 6.45) is 1.96. The Morgan fingerprint density at radius 2 is 2.00 bits per heavy atom. The van der Waals surface area contributed by atoms with Crippen LogP contribution in [0.3, 0.4) is 0 Å². The van der Waals surface area contributed by atoms with Crippen molar-refractivity contribution in [1.29, 1.82) is 0 Å². The standard InChI is InChI=1S/C13H19N3O3S/c1-10-8-11(14)4-5-12(10)20(18,19)15-9-13(17)16-6-2-3-7-16/h4-5,8,15H,2-3,6-7,9,14H2,1H3. The first-order chi connectivity index (χ1) is 9.40. The molecule has 7 heteroatoms. The lowest BCUT2D eigenvalue weighted by molar-refractivity contribution is -0.128. The molecule has 110 valence electrons. The molecule has 1 heterocycles. The second-order valence-corrected chi connectivity index (χ2v) is 6.67. The predicted molar refractivity (Wildman–Crippen MR) is 76.6 cm³/mol. The molecule has 0 spiro atoms. The Morgan fingerprint density at radius 1 is 1.35 bits per heavy atom. The van der Waals surface area contributed by atoms with Gasteiger partial charge in [-0.1, -0.05) is 0 Å². The zero-order valence-corrected chi connectivity index (χ0v) is 12.2. The third-order valence-electron chi connectivity index (χ3n) is 3.36. The average molecular weight is 297 g/mol. The second-order valence-electron chi connectivity index (χ2n) is 4.94. The van der Waals surface area contributed by atoms with Crippen molar-refractivity contribution in [2.45, 2.75) is 24.7 Å². The number of benzene rings is 1. The van der Waals surface area contributed by atoms with E-state index in [2.05, 4.69) is 4.72 Å². The minimum absolute atomic E-state index is 0.154. The number of hydrogen-bond donors (Lipinski definition) is 2. The maximum atomic E-state index is 12.2. The van der Waals surface area contributed by atoms with Gasteiger partial charge in [-0.15, -0.1) is 0 Å². The Kier molecular flexibility index (Phi) is 4.29. The molecule has 1 aliphatic heterocycles. The van der Waals surface area contributed by atoms with Crippen molar-refractivity contribution in [3.63, 3.8) is 0 Å². The zero-order chi connectivity index (χ0) is 14.8. The molecule has 0 atom stereocenters. The van der Waals surface area contributed by atoms with Gasteiger partial charge >= 0.3 is 0 Å². The highest BCUT2D eigenvalue weighted by molar-refractivity contribution is 7.89. The van der Waals surface area contributed by atoms with E-state index in [0.29, 0.717) is 24.3 Å². The average Bonchev–Trinajstić information content (AvgIpc) is 2.89. The number of nitrogens with one attached hydrogen (secondary N) is 1. The smallest absolute Gasteiger partial charge is 0.241 e. The zero-order valence-electron chi connectivity index (χ0n) is 11.4. The molecule has 0 unspecified atom stereocenters. The molecule has 3 N–H and O–H groups in total. The Hall–Kier alpha value is -1.60. The van der Waals surface area contributed by atoms with Crippen molar-refractivity contribution in [3.8, 4) is 0 Å². The van der Waals surface area contributed by atoms with Crippen LogP contribution in [0.4, 0.5) is 5.69 Å². The number of nitrogen functional groups attached to an aromatic ring is 1. The van der Waals surface area contributed by atoms with Crippen LogP contribution >= 0.6 is 0 Å². The lowest BCUT2D eigenvalue weighted by atomic mass is 10.2. The first kappa shape index (κ1) is 14.8. The minimum Gasteiger partial charge on any atom is -0.399 e. The van der Waals surface area contributed by atoms with E-state index in [-0.39, 0.29) is 17.3 Å². The molecule has 1 saturated heterocycles. The number of carbonyl (C=O) groups excluding carboxylic acids is 1. The molecule has 1 aliphatic rings. The highest BCUT2D eigenvalue weighted by Gasteiger charge is 2.22. The van der Waals surface area contributed by atoms with Gasteiger partial charge in [0.1, 0.15) is 0 Å².